The molecular formula is C30H33Cl2F4N7O2. The number of piperazine rings is 1. The van der Waals surface area contributed by atoms with Crippen LogP contribution in [0.5, 0.6) is 6.01 Å². The van der Waals surface area contributed by atoms with E-state index in [0.29, 0.717) is 19.6 Å². The number of nitrogens with zero attached hydrogens (tertiary/aromatic N) is 6. The van der Waals surface area contributed by atoms with Crippen molar-refractivity contribution in [3.63, 3.8) is 0 Å². The normalized spacial score (nSPS) is 19.7. The number of aromatic nitrogens is 3. The monoisotopic (exact) mass is 669 g/mol. The number of aryl methyl sites for hydroxylation is 1. The van der Waals surface area contributed by atoms with Crippen LogP contribution in [0.15, 0.2) is 24.3 Å². The molecule has 2 atom stereocenters. The van der Waals surface area contributed by atoms with Gasteiger partial charge in [-0.1, -0.05) is 17.7 Å². The van der Waals surface area contributed by atoms with Gasteiger partial charge in [0.1, 0.15) is 23.8 Å². The third-order valence-electron chi connectivity index (χ3n) is 8.24. The number of carbonyl (C=O) groups is 1. The van der Waals surface area contributed by atoms with Gasteiger partial charge in [-0.15, -0.1) is 11.6 Å². The molecule has 2 N–H and O–H groups in total. The topological polar surface area (TPSA) is 101 Å². The second-order valence-corrected chi connectivity index (χ2v) is 12.0. The van der Waals surface area contributed by atoms with Crippen LogP contribution >= 0.6 is 23.2 Å². The van der Waals surface area contributed by atoms with E-state index >= 15 is 4.39 Å². The number of amides is 1. The fourth-order valence-electron chi connectivity index (χ4n) is 5.98. The zero-order valence-electron chi connectivity index (χ0n) is 25.0. The van der Waals surface area contributed by atoms with Crippen molar-refractivity contribution in [3.8, 4) is 17.3 Å². The summed E-state index contributed by atoms with van der Waals surface area (Å²) in [5, 5.41) is -0.142. The Labute approximate surface area is 267 Å². The summed E-state index contributed by atoms with van der Waals surface area (Å²) in [5.41, 5.74) is 2.85. The Bertz CT molecular complexity index is 1640. The molecule has 2 aromatic heterocycles. The van der Waals surface area contributed by atoms with E-state index in [2.05, 4.69) is 19.9 Å². The summed E-state index contributed by atoms with van der Waals surface area (Å²) < 4.78 is 65.2. The summed E-state index contributed by atoms with van der Waals surface area (Å²) in [4.78, 5) is 31.2. The van der Waals surface area contributed by atoms with Crippen LogP contribution in [0.2, 0.25) is 5.02 Å². The Hall–Kier alpha value is -3.42. The highest BCUT2D eigenvalue weighted by Gasteiger charge is 2.39. The van der Waals surface area contributed by atoms with Crippen molar-refractivity contribution in [2.24, 2.45) is 0 Å². The average Bonchev–Trinajstić information content (AvgIpc) is 3.38. The number of alkyl halides is 4. The predicted octanol–water partition coefficient (Wildman–Crippen LogP) is 5.70. The zero-order chi connectivity index (χ0) is 32.6. The molecule has 15 heteroatoms. The number of allylic oxidation sites excluding steroid dienone is 1. The fraction of sp³-hybridized carbons (Fsp3) is 0.467. The Balaban J connectivity index is 1.64. The van der Waals surface area contributed by atoms with Crippen molar-refractivity contribution in [1.29, 1.82) is 0 Å². The molecule has 0 aliphatic carbocycles. The number of ether oxygens (including phenoxy) is 1. The number of carbonyl (C=O) groups excluding carboxylic acids is 1. The molecule has 0 radical (unpaired) electrons. The van der Waals surface area contributed by atoms with E-state index < -0.39 is 28.8 Å². The lowest BCUT2D eigenvalue weighted by atomic mass is 9.99. The number of likely N-dealkylation sites (N-methyl/N-ethyl adjacent to an activating group) is 1. The van der Waals surface area contributed by atoms with Gasteiger partial charge in [-0.25, -0.2) is 9.37 Å². The summed E-state index contributed by atoms with van der Waals surface area (Å²) >= 11 is 12.2. The molecule has 1 aromatic carbocycles. The first-order valence-corrected chi connectivity index (χ1v) is 15.4. The number of fused-ring (bicyclic) bond motifs is 1. The lowest BCUT2D eigenvalue weighted by Crippen LogP contribution is -2.53. The molecular weight excluding hydrogens is 637 g/mol. The highest BCUT2D eigenvalue weighted by atomic mass is 35.5. The van der Waals surface area contributed by atoms with E-state index in [1.807, 2.05) is 18.9 Å². The maximum Gasteiger partial charge on any atom is 0.418 e. The molecule has 2 unspecified atom stereocenters. The number of likely N-dealkylation sites (tertiary alicyclic amines) is 1. The van der Waals surface area contributed by atoms with Gasteiger partial charge in [-0.05, 0) is 58.0 Å². The number of benzene rings is 1. The lowest BCUT2D eigenvalue weighted by molar-refractivity contribution is -0.137. The Kier molecular flexibility index (Phi) is 9.62. The Morgan fingerprint density at radius 1 is 1.20 bits per heavy atom. The summed E-state index contributed by atoms with van der Waals surface area (Å²) in [6, 6.07) is 2.10. The van der Waals surface area contributed by atoms with E-state index in [0.717, 1.165) is 25.5 Å². The van der Waals surface area contributed by atoms with Crippen molar-refractivity contribution in [2.45, 2.75) is 44.9 Å². The first-order chi connectivity index (χ1) is 21.3. The number of pyridine rings is 1. The van der Waals surface area contributed by atoms with Crippen molar-refractivity contribution < 1.29 is 27.1 Å². The summed E-state index contributed by atoms with van der Waals surface area (Å²) in [5.74, 6) is -1.04. The van der Waals surface area contributed by atoms with Gasteiger partial charge in [0.05, 0.1) is 21.8 Å². The third kappa shape index (κ3) is 6.75. The molecule has 0 spiro atoms. The second-order valence-electron chi connectivity index (χ2n) is 11.3. The first kappa shape index (κ1) is 33.0. The molecule has 4 heterocycles. The highest BCUT2D eigenvalue weighted by molar-refractivity contribution is 6.34. The maximum atomic E-state index is 16.6. The van der Waals surface area contributed by atoms with Gasteiger partial charge in [-0.2, -0.15) is 23.1 Å². The largest absolute Gasteiger partial charge is 0.462 e. The number of hydrogen-bond acceptors (Lipinski definition) is 8. The van der Waals surface area contributed by atoms with Gasteiger partial charge in [0, 0.05) is 49.1 Å². The van der Waals surface area contributed by atoms with Crippen LogP contribution in [-0.2, 0) is 11.0 Å². The first-order valence-electron chi connectivity index (χ1n) is 14.5. The number of halogens is 6. The van der Waals surface area contributed by atoms with E-state index in [1.165, 1.54) is 19.1 Å². The minimum atomic E-state index is -4.87. The van der Waals surface area contributed by atoms with Gasteiger partial charge < -0.3 is 25.2 Å². The van der Waals surface area contributed by atoms with E-state index in [1.54, 1.807) is 11.0 Å². The molecule has 2 aliphatic heterocycles. The van der Waals surface area contributed by atoms with Crippen LogP contribution < -0.4 is 15.4 Å². The van der Waals surface area contributed by atoms with Crippen LogP contribution in [0.3, 0.4) is 0 Å². The predicted molar refractivity (Wildman–Crippen MR) is 166 cm³/mol. The molecule has 9 nitrogen and oxygen atoms in total. The van der Waals surface area contributed by atoms with Gasteiger partial charge in [0.15, 0.2) is 5.82 Å². The third-order valence-corrected chi connectivity index (χ3v) is 8.71. The van der Waals surface area contributed by atoms with E-state index in [-0.39, 0.29) is 69.6 Å². The molecule has 2 fully saturated rings. The SMILES string of the molecule is Cc1cc(N)nc(-c2c(Cl)cc3c(N4CCN(C(=O)/C=C/CCl)CC4C)nc(OCC4CCCN4C)nc3c2F)c1C(F)(F)F. The molecule has 0 saturated carbocycles. The minimum absolute atomic E-state index is 0.0988. The van der Waals surface area contributed by atoms with Gasteiger partial charge in [0.25, 0.3) is 0 Å². The summed E-state index contributed by atoms with van der Waals surface area (Å²) in [6.07, 6.45) is 0.0121. The van der Waals surface area contributed by atoms with Crippen LogP contribution in [0, 0.1) is 12.7 Å². The maximum absolute atomic E-state index is 16.6. The minimum Gasteiger partial charge on any atom is -0.462 e. The molecule has 1 amide bonds. The number of anilines is 2. The van der Waals surface area contributed by atoms with Crippen LogP contribution in [0.4, 0.5) is 29.2 Å². The van der Waals surface area contributed by atoms with Crippen molar-refractivity contribution in [2.75, 3.05) is 56.3 Å². The molecule has 0 bridgehead atoms. The van der Waals surface area contributed by atoms with E-state index in [9.17, 15) is 18.0 Å². The van der Waals surface area contributed by atoms with Crippen LogP contribution in [-0.4, -0.2) is 88.5 Å². The van der Waals surface area contributed by atoms with Gasteiger partial charge in [-0.3, -0.25) is 4.79 Å². The van der Waals surface area contributed by atoms with Gasteiger partial charge in [0.2, 0.25) is 5.91 Å². The highest BCUT2D eigenvalue weighted by Crippen LogP contribution is 2.44. The molecule has 45 heavy (non-hydrogen) atoms. The van der Waals surface area contributed by atoms with Crippen molar-refractivity contribution >= 4 is 51.6 Å². The summed E-state index contributed by atoms with van der Waals surface area (Å²) in [6.45, 7) is 5.24. The lowest BCUT2D eigenvalue weighted by Gasteiger charge is -2.40. The Morgan fingerprint density at radius 3 is 2.60 bits per heavy atom. The summed E-state index contributed by atoms with van der Waals surface area (Å²) in [7, 11) is 1.98. The van der Waals surface area contributed by atoms with Crippen LogP contribution in [0.1, 0.15) is 30.9 Å². The molecule has 5 rings (SSSR count). The quantitative estimate of drug-likeness (QED) is 0.194. The van der Waals surface area contributed by atoms with Gasteiger partial charge >= 0.3 is 12.2 Å². The average molecular weight is 671 g/mol. The Morgan fingerprint density at radius 2 is 1.96 bits per heavy atom. The number of nitrogens with two attached hydrogens (primary N) is 1. The van der Waals surface area contributed by atoms with Crippen molar-refractivity contribution in [3.05, 3.63) is 46.3 Å². The fourth-order valence-corrected chi connectivity index (χ4v) is 6.35. The number of nitrogen functional groups attached to an aromatic ring is 1. The molecule has 2 saturated heterocycles. The number of hydrogen-bond donors (Lipinski definition) is 1. The molecule has 2 aliphatic rings. The van der Waals surface area contributed by atoms with E-state index in [4.69, 9.17) is 33.7 Å². The molecule has 242 valence electrons. The second kappa shape index (κ2) is 13.1. The van der Waals surface area contributed by atoms with Crippen molar-refractivity contribution in [1.82, 2.24) is 24.8 Å². The number of rotatable bonds is 7. The standard InChI is InChI=1S/C30H33Cl2F4N7O2/c1-16-12-21(37)38-27(24(16)30(34,35)36)23-20(32)13-19-26(25(23)33)39-29(45-15-18-6-5-9-41(18)3)40-28(19)43-11-10-42(14-17(43)2)22(44)7-4-8-31/h4,7,12-13,17-18H,5-6,8-11,14-15H2,1-3H3,(H2,37,38)/b7-4+. The van der Waals surface area contributed by atoms with Crippen LogP contribution in [0.25, 0.3) is 22.2 Å². The zero-order valence-corrected chi connectivity index (χ0v) is 26.5. The molecule has 3 aromatic rings. The smallest absolute Gasteiger partial charge is 0.418 e.